The van der Waals surface area contributed by atoms with Crippen LogP contribution in [0.1, 0.15) is 10.4 Å². The third-order valence-electron chi connectivity index (χ3n) is 2.56. The number of benzene rings is 2. The highest BCUT2D eigenvalue weighted by molar-refractivity contribution is 8.00. The number of rotatable bonds is 5. The highest BCUT2D eigenvalue weighted by Crippen LogP contribution is 2.22. The molecule has 0 unspecified atom stereocenters. The summed E-state index contributed by atoms with van der Waals surface area (Å²) in [5, 5.41) is 11.3. The summed E-state index contributed by atoms with van der Waals surface area (Å²) in [6.07, 6.45) is 0. The van der Waals surface area contributed by atoms with Crippen molar-refractivity contribution in [3.8, 4) is 0 Å². The van der Waals surface area contributed by atoms with Crippen molar-refractivity contribution < 1.29 is 9.72 Å². The molecule has 0 heterocycles. The van der Waals surface area contributed by atoms with E-state index in [1.54, 1.807) is 18.2 Å². The minimum absolute atomic E-state index is 0.0765. The van der Waals surface area contributed by atoms with E-state index in [0.717, 1.165) is 4.90 Å². The maximum atomic E-state index is 12.0. The van der Waals surface area contributed by atoms with Gasteiger partial charge in [0.25, 0.3) is 5.69 Å². The molecule has 4 nitrogen and oxygen atoms in total. The first kappa shape index (κ1) is 14.6. The van der Waals surface area contributed by atoms with Crippen LogP contribution in [0.2, 0.25) is 5.02 Å². The Morgan fingerprint density at radius 2 is 1.90 bits per heavy atom. The lowest BCUT2D eigenvalue weighted by molar-refractivity contribution is -0.384. The van der Waals surface area contributed by atoms with Gasteiger partial charge in [0.1, 0.15) is 0 Å². The van der Waals surface area contributed by atoms with Crippen molar-refractivity contribution in [2.75, 3.05) is 5.75 Å². The standard InChI is InChI=1S/C14H10ClNO3S/c15-11-4-6-13(7-5-11)20-9-14(17)10-2-1-3-12(8-10)16(18)19/h1-8H,9H2. The fourth-order valence-corrected chi connectivity index (χ4v) is 2.47. The monoisotopic (exact) mass is 307 g/mol. The van der Waals surface area contributed by atoms with E-state index in [1.165, 1.54) is 30.0 Å². The van der Waals surface area contributed by atoms with Crippen LogP contribution in [0.3, 0.4) is 0 Å². The summed E-state index contributed by atoms with van der Waals surface area (Å²) < 4.78 is 0. The van der Waals surface area contributed by atoms with E-state index in [2.05, 4.69) is 0 Å². The fraction of sp³-hybridized carbons (Fsp3) is 0.0714. The number of non-ortho nitro benzene ring substituents is 1. The van der Waals surface area contributed by atoms with Crippen molar-refractivity contribution in [2.45, 2.75) is 4.90 Å². The van der Waals surface area contributed by atoms with E-state index < -0.39 is 4.92 Å². The van der Waals surface area contributed by atoms with Gasteiger partial charge < -0.3 is 0 Å². The Kier molecular flexibility index (Phi) is 4.76. The summed E-state index contributed by atoms with van der Waals surface area (Å²) in [6.45, 7) is 0. The Bertz CT molecular complexity index is 643. The Morgan fingerprint density at radius 3 is 2.55 bits per heavy atom. The van der Waals surface area contributed by atoms with Gasteiger partial charge in [-0.15, -0.1) is 11.8 Å². The average molecular weight is 308 g/mol. The number of nitrogens with zero attached hydrogens (tertiary/aromatic N) is 1. The van der Waals surface area contributed by atoms with Crippen LogP contribution in [0.5, 0.6) is 0 Å². The number of hydrogen-bond donors (Lipinski definition) is 0. The molecule has 2 aromatic carbocycles. The quantitative estimate of drug-likeness (QED) is 0.359. The number of Topliss-reactive ketones (excluding diaryl/α,β-unsaturated/α-hetero) is 1. The zero-order valence-corrected chi connectivity index (χ0v) is 11.9. The maximum Gasteiger partial charge on any atom is 0.270 e. The molecular formula is C14H10ClNO3S. The Labute approximate surface area is 124 Å². The first-order valence-corrected chi connectivity index (χ1v) is 7.08. The van der Waals surface area contributed by atoms with E-state index in [1.807, 2.05) is 12.1 Å². The number of carbonyl (C=O) groups is 1. The third kappa shape index (κ3) is 3.82. The summed E-state index contributed by atoms with van der Waals surface area (Å²) >= 11 is 7.15. The smallest absolute Gasteiger partial charge is 0.270 e. The summed E-state index contributed by atoms with van der Waals surface area (Å²) in [6, 6.07) is 12.9. The number of halogens is 1. The zero-order chi connectivity index (χ0) is 14.5. The second kappa shape index (κ2) is 6.54. The van der Waals surface area contributed by atoms with E-state index in [-0.39, 0.29) is 17.2 Å². The van der Waals surface area contributed by atoms with Crippen molar-refractivity contribution in [1.82, 2.24) is 0 Å². The molecule has 0 saturated carbocycles. The Hall–Kier alpha value is -1.85. The molecule has 2 aromatic rings. The number of nitro benzene ring substituents is 1. The molecule has 0 aliphatic carbocycles. The predicted octanol–water partition coefficient (Wildman–Crippen LogP) is 4.22. The fourth-order valence-electron chi connectivity index (χ4n) is 1.56. The second-order valence-corrected chi connectivity index (χ2v) is 5.46. The van der Waals surface area contributed by atoms with Crippen LogP contribution in [0.15, 0.2) is 53.4 Å². The summed E-state index contributed by atoms with van der Waals surface area (Å²) in [5.41, 5.74) is 0.271. The molecule has 20 heavy (non-hydrogen) atoms. The van der Waals surface area contributed by atoms with E-state index in [0.29, 0.717) is 10.6 Å². The topological polar surface area (TPSA) is 60.2 Å². The molecule has 0 spiro atoms. The van der Waals surface area contributed by atoms with Crippen LogP contribution < -0.4 is 0 Å². The normalized spacial score (nSPS) is 10.2. The van der Waals surface area contributed by atoms with Crippen molar-refractivity contribution in [3.63, 3.8) is 0 Å². The first-order chi connectivity index (χ1) is 9.56. The van der Waals surface area contributed by atoms with E-state index >= 15 is 0 Å². The van der Waals surface area contributed by atoms with Crippen molar-refractivity contribution in [1.29, 1.82) is 0 Å². The van der Waals surface area contributed by atoms with Crippen molar-refractivity contribution >= 4 is 34.8 Å². The zero-order valence-electron chi connectivity index (χ0n) is 10.3. The van der Waals surface area contributed by atoms with Gasteiger partial charge in [0, 0.05) is 27.6 Å². The predicted molar refractivity (Wildman–Crippen MR) is 79.6 cm³/mol. The Morgan fingerprint density at radius 1 is 1.20 bits per heavy atom. The van der Waals surface area contributed by atoms with Gasteiger partial charge >= 0.3 is 0 Å². The van der Waals surface area contributed by atoms with Gasteiger partial charge in [-0.1, -0.05) is 23.7 Å². The maximum absolute atomic E-state index is 12.0. The molecule has 0 fully saturated rings. The molecule has 0 amide bonds. The molecule has 0 aliphatic rings. The molecule has 0 aliphatic heterocycles. The van der Waals surface area contributed by atoms with Gasteiger partial charge in [-0.3, -0.25) is 14.9 Å². The van der Waals surface area contributed by atoms with Gasteiger partial charge in [0.05, 0.1) is 10.7 Å². The summed E-state index contributed by atoms with van der Waals surface area (Å²) in [7, 11) is 0. The highest BCUT2D eigenvalue weighted by atomic mass is 35.5. The lowest BCUT2D eigenvalue weighted by Crippen LogP contribution is -2.03. The molecule has 0 atom stereocenters. The van der Waals surface area contributed by atoms with Crippen LogP contribution in [-0.2, 0) is 0 Å². The lowest BCUT2D eigenvalue weighted by Gasteiger charge is -2.02. The molecule has 2 rings (SSSR count). The van der Waals surface area contributed by atoms with Crippen LogP contribution in [-0.4, -0.2) is 16.5 Å². The average Bonchev–Trinajstić information content (AvgIpc) is 2.46. The van der Waals surface area contributed by atoms with E-state index in [4.69, 9.17) is 11.6 Å². The molecule has 0 saturated heterocycles. The molecule has 0 N–H and O–H groups in total. The van der Waals surface area contributed by atoms with Gasteiger partial charge in [-0.25, -0.2) is 0 Å². The van der Waals surface area contributed by atoms with Gasteiger partial charge in [0.2, 0.25) is 0 Å². The molecule has 6 heteroatoms. The van der Waals surface area contributed by atoms with Gasteiger partial charge in [-0.05, 0) is 24.3 Å². The molecule has 102 valence electrons. The highest BCUT2D eigenvalue weighted by Gasteiger charge is 2.11. The largest absolute Gasteiger partial charge is 0.293 e. The minimum atomic E-state index is -0.511. The summed E-state index contributed by atoms with van der Waals surface area (Å²) in [5.74, 6) is 0.0802. The lowest BCUT2D eigenvalue weighted by atomic mass is 10.1. The van der Waals surface area contributed by atoms with Crippen LogP contribution >= 0.6 is 23.4 Å². The van der Waals surface area contributed by atoms with E-state index in [9.17, 15) is 14.9 Å². The van der Waals surface area contributed by atoms with Crippen LogP contribution in [0.4, 0.5) is 5.69 Å². The van der Waals surface area contributed by atoms with Crippen molar-refractivity contribution in [2.24, 2.45) is 0 Å². The third-order valence-corrected chi connectivity index (χ3v) is 3.83. The molecule has 0 bridgehead atoms. The van der Waals surface area contributed by atoms with Crippen LogP contribution in [0, 0.1) is 10.1 Å². The molecule has 0 aromatic heterocycles. The number of hydrogen-bond acceptors (Lipinski definition) is 4. The SMILES string of the molecule is O=C(CSc1ccc(Cl)cc1)c1cccc([N+](=O)[O-])c1. The number of carbonyl (C=O) groups excluding carboxylic acids is 1. The number of thioether (sulfide) groups is 1. The first-order valence-electron chi connectivity index (χ1n) is 5.72. The van der Waals surface area contributed by atoms with Gasteiger partial charge in [-0.2, -0.15) is 0 Å². The second-order valence-electron chi connectivity index (χ2n) is 3.97. The molecule has 0 radical (unpaired) electrons. The number of nitro groups is 1. The summed E-state index contributed by atoms with van der Waals surface area (Å²) in [4.78, 5) is 23.1. The molecular weight excluding hydrogens is 298 g/mol. The Balaban J connectivity index is 2.03. The van der Waals surface area contributed by atoms with Gasteiger partial charge in [0.15, 0.2) is 5.78 Å². The van der Waals surface area contributed by atoms with Crippen LogP contribution in [0.25, 0.3) is 0 Å². The van der Waals surface area contributed by atoms with Crippen molar-refractivity contribution in [3.05, 3.63) is 69.2 Å². The number of ketones is 1. The minimum Gasteiger partial charge on any atom is -0.293 e.